The zero-order valence-electron chi connectivity index (χ0n) is 12.6. The third-order valence-electron chi connectivity index (χ3n) is 3.47. The van der Waals surface area contributed by atoms with Gasteiger partial charge in [0, 0.05) is 23.8 Å². The van der Waals surface area contributed by atoms with Gasteiger partial charge in [0.15, 0.2) is 9.84 Å². The zero-order valence-corrected chi connectivity index (χ0v) is 13.5. The van der Waals surface area contributed by atoms with E-state index in [-0.39, 0.29) is 10.8 Å². The molecule has 0 spiro atoms. The van der Waals surface area contributed by atoms with Crippen LogP contribution in [0.5, 0.6) is 0 Å². The summed E-state index contributed by atoms with van der Waals surface area (Å²) in [6.45, 7) is 1.93. The Hall–Kier alpha value is -2.67. The van der Waals surface area contributed by atoms with Gasteiger partial charge in [0.1, 0.15) is 11.3 Å². The Morgan fingerprint density at radius 2 is 1.83 bits per heavy atom. The summed E-state index contributed by atoms with van der Waals surface area (Å²) >= 11 is 0. The first-order chi connectivity index (χ1) is 10.8. The first-order valence-corrected chi connectivity index (χ1v) is 8.80. The lowest BCUT2D eigenvalue weighted by Gasteiger charge is -2.04. The number of fused-ring (bicyclic) bond motifs is 1. The molecule has 0 aliphatic rings. The second kappa shape index (κ2) is 5.51. The highest BCUT2D eigenvalue weighted by Gasteiger charge is 2.12. The fourth-order valence-electron chi connectivity index (χ4n) is 2.24. The Balaban J connectivity index is 1.84. The van der Waals surface area contributed by atoms with Crippen LogP contribution in [0.25, 0.3) is 5.65 Å². The molecular weight excluding hydrogens is 314 g/mol. The summed E-state index contributed by atoms with van der Waals surface area (Å²) < 4.78 is 24.7. The van der Waals surface area contributed by atoms with Gasteiger partial charge in [-0.1, -0.05) is 6.07 Å². The van der Waals surface area contributed by atoms with Gasteiger partial charge in [-0.2, -0.15) is 0 Å². The summed E-state index contributed by atoms with van der Waals surface area (Å²) in [5.74, 6) is -0.347. The van der Waals surface area contributed by atoms with Crippen molar-refractivity contribution in [2.24, 2.45) is 0 Å². The minimum atomic E-state index is -3.25. The number of benzene rings is 1. The molecule has 3 rings (SSSR count). The van der Waals surface area contributed by atoms with Crippen LogP contribution < -0.4 is 5.32 Å². The van der Waals surface area contributed by atoms with Crippen LogP contribution in [0.15, 0.2) is 53.6 Å². The Morgan fingerprint density at radius 3 is 2.43 bits per heavy atom. The molecule has 1 N–H and O–H groups in total. The van der Waals surface area contributed by atoms with E-state index in [0.29, 0.717) is 17.0 Å². The maximum Gasteiger partial charge on any atom is 0.275 e. The van der Waals surface area contributed by atoms with Crippen molar-refractivity contribution in [3.8, 4) is 0 Å². The van der Waals surface area contributed by atoms with Crippen molar-refractivity contribution in [2.75, 3.05) is 11.6 Å². The number of anilines is 1. The Labute approximate surface area is 133 Å². The lowest BCUT2D eigenvalue weighted by molar-refractivity contribution is 0.102. The van der Waals surface area contributed by atoms with E-state index in [1.807, 2.05) is 29.5 Å². The molecule has 0 aliphatic heterocycles. The smallest absolute Gasteiger partial charge is 0.275 e. The van der Waals surface area contributed by atoms with Gasteiger partial charge >= 0.3 is 0 Å². The van der Waals surface area contributed by atoms with Gasteiger partial charge in [0.25, 0.3) is 5.91 Å². The number of aromatic nitrogens is 2. The molecule has 118 valence electrons. The normalized spacial score (nSPS) is 11.6. The molecule has 6 nitrogen and oxygen atoms in total. The monoisotopic (exact) mass is 329 g/mol. The summed E-state index contributed by atoms with van der Waals surface area (Å²) in [6.07, 6.45) is 2.81. The number of nitrogens with zero attached hydrogens (tertiary/aromatic N) is 2. The van der Waals surface area contributed by atoms with E-state index >= 15 is 0 Å². The van der Waals surface area contributed by atoms with Crippen molar-refractivity contribution >= 4 is 27.1 Å². The zero-order chi connectivity index (χ0) is 16.6. The second-order valence-electron chi connectivity index (χ2n) is 5.27. The molecule has 2 aromatic heterocycles. The lowest BCUT2D eigenvalue weighted by atomic mass is 10.3. The number of aryl methyl sites for hydroxylation is 1. The van der Waals surface area contributed by atoms with Crippen LogP contribution in [0.3, 0.4) is 0 Å². The molecule has 1 aromatic carbocycles. The fourth-order valence-corrected chi connectivity index (χ4v) is 2.87. The summed E-state index contributed by atoms with van der Waals surface area (Å²) in [4.78, 5) is 16.8. The minimum Gasteiger partial charge on any atom is -0.321 e. The van der Waals surface area contributed by atoms with E-state index in [1.54, 1.807) is 18.3 Å². The number of hydrogen-bond donors (Lipinski definition) is 1. The number of carbonyl (C=O) groups excluding carboxylic acids is 1. The number of sulfone groups is 1. The first kappa shape index (κ1) is 15.2. The summed E-state index contributed by atoms with van der Waals surface area (Å²) in [7, 11) is -3.25. The van der Waals surface area contributed by atoms with Crippen LogP contribution in [0.4, 0.5) is 5.69 Å². The third-order valence-corrected chi connectivity index (χ3v) is 4.60. The summed E-state index contributed by atoms with van der Waals surface area (Å²) in [5, 5.41) is 2.71. The molecule has 0 saturated heterocycles. The third kappa shape index (κ3) is 3.09. The van der Waals surface area contributed by atoms with Crippen LogP contribution in [-0.4, -0.2) is 30.0 Å². The average Bonchev–Trinajstić information content (AvgIpc) is 2.92. The Bertz CT molecular complexity index is 989. The lowest BCUT2D eigenvalue weighted by Crippen LogP contribution is -2.12. The number of hydrogen-bond acceptors (Lipinski definition) is 4. The Morgan fingerprint density at radius 1 is 1.13 bits per heavy atom. The summed E-state index contributed by atoms with van der Waals surface area (Å²) in [6, 6.07) is 11.6. The molecule has 0 saturated carbocycles. The molecule has 0 aliphatic carbocycles. The van der Waals surface area contributed by atoms with E-state index in [0.717, 1.165) is 11.9 Å². The molecule has 0 radical (unpaired) electrons. The van der Waals surface area contributed by atoms with Crippen LogP contribution in [-0.2, 0) is 9.84 Å². The molecule has 0 bridgehead atoms. The van der Waals surface area contributed by atoms with Crippen molar-refractivity contribution in [1.82, 2.24) is 9.38 Å². The molecule has 3 aromatic rings. The molecule has 0 atom stereocenters. The van der Waals surface area contributed by atoms with Crippen molar-refractivity contribution < 1.29 is 13.2 Å². The molecule has 1 amide bonds. The maximum atomic E-state index is 12.3. The predicted octanol–water partition coefficient (Wildman–Crippen LogP) is 2.30. The van der Waals surface area contributed by atoms with E-state index in [9.17, 15) is 13.2 Å². The van der Waals surface area contributed by atoms with Crippen LogP contribution in [0, 0.1) is 6.92 Å². The SMILES string of the molecule is Cc1cccc2nc(C(=O)Nc3ccc(S(C)(=O)=O)cc3)cn12. The van der Waals surface area contributed by atoms with Crippen LogP contribution >= 0.6 is 0 Å². The van der Waals surface area contributed by atoms with Crippen molar-refractivity contribution in [3.63, 3.8) is 0 Å². The number of amides is 1. The van der Waals surface area contributed by atoms with Gasteiger partial charge in [-0.3, -0.25) is 4.79 Å². The molecule has 7 heteroatoms. The van der Waals surface area contributed by atoms with E-state index in [2.05, 4.69) is 10.3 Å². The number of pyridine rings is 1. The molecule has 0 unspecified atom stereocenters. The second-order valence-corrected chi connectivity index (χ2v) is 7.29. The van der Waals surface area contributed by atoms with Gasteiger partial charge in [-0.25, -0.2) is 13.4 Å². The van der Waals surface area contributed by atoms with Gasteiger partial charge in [-0.15, -0.1) is 0 Å². The van der Waals surface area contributed by atoms with Crippen LogP contribution in [0.1, 0.15) is 16.2 Å². The maximum absolute atomic E-state index is 12.3. The number of rotatable bonds is 3. The summed E-state index contributed by atoms with van der Waals surface area (Å²) in [5.41, 5.74) is 2.48. The standard InChI is InChI=1S/C16H15N3O3S/c1-11-4-3-5-15-18-14(10-19(11)15)16(20)17-12-6-8-13(9-7-12)23(2,21)22/h3-10H,1-2H3,(H,17,20). The number of carbonyl (C=O) groups is 1. The van der Waals surface area contributed by atoms with Gasteiger partial charge in [0.2, 0.25) is 0 Å². The van der Waals surface area contributed by atoms with Gasteiger partial charge < -0.3 is 9.72 Å². The predicted molar refractivity (Wildman–Crippen MR) is 87.4 cm³/mol. The first-order valence-electron chi connectivity index (χ1n) is 6.91. The van der Waals surface area contributed by atoms with E-state index in [4.69, 9.17) is 0 Å². The number of imidazole rings is 1. The molecule has 23 heavy (non-hydrogen) atoms. The van der Waals surface area contributed by atoms with E-state index < -0.39 is 9.84 Å². The quantitative estimate of drug-likeness (QED) is 0.799. The van der Waals surface area contributed by atoms with Gasteiger partial charge in [-0.05, 0) is 43.3 Å². The van der Waals surface area contributed by atoms with Crippen molar-refractivity contribution in [1.29, 1.82) is 0 Å². The molecule has 2 heterocycles. The highest BCUT2D eigenvalue weighted by molar-refractivity contribution is 7.90. The average molecular weight is 329 g/mol. The van der Waals surface area contributed by atoms with E-state index in [1.165, 1.54) is 12.1 Å². The Kier molecular flexibility index (Phi) is 3.65. The van der Waals surface area contributed by atoms with Crippen molar-refractivity contribution in [3.05, 3.63) is 60.0 Å². The van der Waals surface area contributed by atoms with Crippen molar-refractivity contribution in [2.45, 2.75) is 11.8 Å². The fraction of sp³-hybridized carbons (Fsp3) is 0.125. The highest BCUT2D eigenvalue weighted by Crippen LogP contribution is 2.15. The topological polar surface area (TPSA) is 80.5 Å². The molecule has 0 fully saturated rings. The van der Waals surface area contributed by atoms with Gasteiger partial charge in [0.05, 0.1) is 4.90 Å². The largest absolute Gasteiger partial charge is 0.321 e. The minimum absolute atomic E-state index is 0.207. The molecular formula is C16H15N3O3S. The number of nitrogens with one attached hydrogen (secondary N) is 1. The highest BCUT2D eigenvalue weighted by atomic mass is 32.2. The van der Waals surface area contributed by atoms with Crippen LogP contribution in [0.2, 0.25) is 0 Å².